The van der Waals surface area contributed by atoms with Gasteiger partial charge in [-0.3, -0.25) is 0 Å². The fraction of sp³-hybridized carbons (Fsp3) is 0.250. The Balaban J connectivity index is 2.04. The molecule has 0 unspecified atom stereocenters. The number of nitrogens with two attached hydrogens (primary N) is 2. The van der Waals surface area contributed by atoms with Crippen molar-refractivity contribution in [1.82, 2.24) is 20.1 Å². The first kappa shape index (κ1) is 10.7. The molecule has 0 fully saturated rings. The van der Waals surface area contributed by atoms with Gasteiger partial charge in [0, 0.05) is 13.0 Å². The predicted octanol–water partition coefficient (Wildman–Crippen LogP) is 0.625. The number of thioether (sulfide) groups is 1. The molecular formula is C8H10N6OS. The van der Waals surface area contributed by atoms with E-state index >= 15 is 0 Å². The van der Waals surface area contributed by atoms with E-state index in [4.69, 9.17) is 16.0 Å². The Kier molecular flexibility index (Phi) is 2.91. The van der Waals surface area contributed by atoms with Crippen LogP contribution in [0.15, 0.2) is 15.7 Å². The molecule has 0 spiro atoms. The quantitative estimate of drug-likeness (QED) is 0.590. The molecule has 0 saturated carbocycles. The van der Waals surface area contributed by atoms with Crippen LogP contribution in [0.3, 0.4) is 0 Å². The van der Waals surface area contributed by atoms with E-state index in [1.54, 1.807) is 6.92 Å². The van der Waals surface area contributed by atoms with Gasteiger partial charge in [-0.2, -0.15) is 4.98 Å². The van der Waals surface area contributed by atoms with Gasteiger partial charge in [0.15, 0.2) is 11.0 Å². The fourth-order valence-electron chi connectivity index (χ4n) is 1.06. The molecule has 0 aliphatic carbocycles. The molecule has 0 atom stereocenters. The highest BCUT2D eigenvalue weighted by atomic mass is 32.2. The molecular weight excluding hydrogens is 228 g/mol. The second-order valence-electron chi connectivity index (χ2n) is 3.02. The Hall–Kier alpha value is -1.83. The van der Waals surface area contributed by atoms with Crippen molar-refractivity contribution in [1.29, 1.82) is 0 Å². The van der Waals surface area contributed by atoms with Crippen molar-refractivity contribution in [3.63, 3.8) is 0 Å². The van der Waals surface area contributed by atoms with E-state index in [1.165, 1.54) is 17.8 Å². The SMILES string of the molecule is Cc1nc(CSc2nc(N)cc(N)n2)no1. The van der Waals surface area contributed by atoms with Crippen LogP contribution < -0.4 is 11.5 Å². The number of nitrogens with zero attached hydrogens (tertiary/aromatic N) is 4. The van der Waals surface area contributed by atoms with Crippen molar-refractivity contribution < 1.29 is 4.52 Å². The summed E-state index contributed by atoms with van der Waals surface area (Å²) in [7, 11) is 0. The summed E-state index contributed by atoms with van der Waals surface area (Å²) in [4.78, 5) is 12.1. The third-order valence-electron chi connectivity index (χ3n) is 1.65. The molecule has 16 heavy (non-hydrogen) atoms. The van der Waals surface area contributed by atoms with E-state index in [2.05, 4.69) is 20.1 Å². The van der Waals surface area contributed by atoms with Gasteiger partial charge >= 0.3 is 0 Å². The minimum absolute atomic E-state index is 0.347. The zero-order valence-electron chi connectivity index (χ0n) is 8.54. The Morgan fingerprint density at radius 3 is 2.50 bits per heavy atom. The third kappa shape index (κ3) is 2.60. The first-order chi connectivity index (χ1) is 7.63. The molecule has 0 aromatic carbocycles. The molecule has 2 aromatic rings. The Labute approximate surface area is 95.6 Å². The van der Waals surface area contributed by atoms with E-state index in [0.29, 0.717) is 34.3 Å². The van der Waals surface area contributed by atoms with Crippen LogP contribution in [0.4, 0.5) is 11.6 Å². The van der Waals surface area contributed by atoms with E-state index in [-0.39, 0.29) is 0 Å². The first-order valence-electron chi connectivity index (χ1n) is 4.45. The number of aryl methyl sites for hydroxylation is 1. The van der Waals surface area contributed by atoms with Crippen LogP contribution in [0.5, 0.6) is 0 Å². The van der Waals surface area contributed by atoms with Gasteiger partial charge in [0.25, 0.3) is 0 Å². The van der Waals surface area contributed by atoms with Crippen LogP contribution in [0.25, 0.3) is 0 Å². The summed E-state index contributed by atoms with van der Waals surface area (Å²) >= 11 is 1.35. The lowest BCUT2D eigenvalue weighted by atomic mass is 10.5. The molecule has 8 heteroatoms. The van der Waals surface area contributed by atoms with E-state index < -0.39 is 0 Å². The average molecular weight is 238 g/mol. The van der Waals surface area contributed by atoms with Gasteiger partial charge in [-0.25, -0.2) is 9.97 Å². The largest absolute Gasteiger partial charge is 0.383 e. The lowest BCUT2D eigenvalue weighted by molar-refractivity contribution is 0.389. The molecule has 0 saturated heterocycles. The summed E-state index contributed by atoms with van der Waals surface area (Å²) in [5, 5.41) is 4.25. The molecule has 0 aliphatic heterocycles. The number of rotatable bonds is 3. The molecule has 0 bridgehead atoms. The van der Waals surface area contributed by atoms with Crippen LogP contribution in [0.2, 0.25) is 0 Å². The highest BCUT2D eigenvalue weighted by Gasteiger charge is 2.06. The minimum Gasteiger partial charge on any atom is -0.383 e. The van der Waals surface area contributed by atoms with Gasteiger partial charge in [0.1, 0.15) is 11.6 Å². The summed E-state index contributed by atoms with van der Waals surface area (Å²) in [6, 6.07) is 1.50. The van der Waals surface area contributed by atoms with Crippen LogP contribution in [0, 0.1) is 6.92 Å². The smallest absolute Gasteiger partial charge is 0.223 e. The van der Waals surface area contributed by atoms with Gasteiger partial charge in [0.2, 0.25) is 5.89 Å². The molecule has 7 nitrogen and oxygen atoms in total. The van der Waals surface area contributed by atoms with Crippen molar-refractivity contribution >= 4 is 23.4 Å². The molecule has 2 aromatic heterocycles. The molecule has 0 amide bonds. The molecule has 84 valence electrons. The van der Waals surface area contributed by atoms with Crippen LogP contribution >= 0.6 is 11.8 Å². The zero-order valence-corrected chi connectivity index (χ0v) is 9.36. The maximum absolute atomic E-state index is 5.54. The average Bonchev–Trinajstić information content (AvgIpc) is 2.60. The first-order valence-corrected chi connectivity index (χ1v) is 5.44. The molecule has 0 aliphatic rings. The van der Waals surface area contributed by atoms with E-state index in [9.17, 15) is 0 Å². The van der Waals surface area contributed by atoms with Crippen LogP contribution in [-0.2, 0) is 5.75 Å². The molecule has 0 radical (unpaired) electrons. The van der Waals surface area contributed by atoms with Crippen molar-refractivity contribution in [3.05, 3.63) is 17.8 Å². The molecule has 2 heterocycles. The highest BCUT2D eigenvalue weighted by molar-refractivity contribution is 7.98. The van der Waals surface area contributed by atoms with Gasteiger partial charge in [-0.05, 0) is 0 Å². The predicted molar refractivity (Wildman–Crippen MR) is 59.5 cm³/mol. The standard InChI is InChI=1S/C8H10N6OS/c1-4-11-7(14-15-4)3-16-8-12-5(9)2-6(10)13-8/h2H,3H2,1H3,(H4,9,10,12,13). The Morgan fingerprint density at radius 2 is 1.94 bits per heavy atom. The van der Waals surface area contributed by atoms with E-state index in [1.807, 2.05) is 0 Å². The van der Waals surface area contributed by atoms with Gasteiger partial charge in [-0.1, -0.05) is 16.9 Å². The van der Waals surface area contributed by atoms with Crippen molar-refractivity contribution in [2.24, 2.45) is 0 Å². The Bertz CT molecular complexity index is 479. The van der Waals surface area contributed by atoms with Gasteiger partial charge in [0.05, 0.1) is 5.75 Å². The maximum Gasteiger partial charge on any atom is 0.223 e. The number of anilines is 2. The molecule has 4 N–H and O–H groups in total. The summed E-state index contributed by atoms with van der Waals surface area (Å²) in [5.41, 5.74) is 11.1. The number of hydrogen-bond donors (Lipinski definition) is 2. The van der Waals surface area contributed by atoms with Gasteiger partial charge < -0.3 is 16.0 Å². The normalized spacial score (nSPS) is 10.6. The summed E-state index contributed by atoms with van der Waals surface area (Å²) in [5.74, 6) is 2.33. The summed E-state index contributed by atoms with van der Waals surface area (Å²) in [6.07, 6.45) is 0. The Morgan fingerprint density at radius 1 is 1.25 bits per heavy atom. The number of aromatic nitrogens is 4. The maximum atomic E-state index is 5.54. The second-order valence-corrected chi connectivity index (χ2v) is 3.96. The fourth-order valence-corrected chi connectivity index (χ4v) is 1.77. The molecule has 2 rings (SSSR count). The second kappa shape index (κ2) is 4.35. The lowest BCUT2D eigenvalue weighted by Gasteiger charge is -2.00. The van der Waals surface area contributed by atoms with Crippen molar-refractivity contribution in [2.75, 3.05) is 11.5 Å². The van der Waals surface area contributed by atoms with Crippen molar-refractivity contribution in [2.45, 2.75) is 17.8 Å². The summed E-state index contributed by atoms with van der Waals surface area (Å²) < 4.78 is 4.84. The third-order valence-corrected chi connectivity index (χ3v) is 2.49. The van der Waals surface area contributed by atoms with Crippen LogP contribution in [0.1, 0.15) is 11.7 Å². The zero-order chi connectivity index (χ0) is 11.5. The van der Waals surface area contributed by atoms with Gasteiger partial charge in [-0.15, -0.1) is 0 Å². The minimum atomic E-state index is 0.347. The van der Waals surface area contributed by atoms with E-state index in [0.717, 1.165) is 0 Å². The topological polar surface area (TPSA) is 117 Å². The highest BCUT2D eigenvalue weighted by Crippen LogP contribution is 2.19. The van der Waals surface area contributed by atoms with Crippen molar-refractivity contribution in [3.8, 4) is 0 Å². The number of nitrogen functional groups attached to an aromatic ring is 2. The lowest BCUT2D eigenvalue weighted by Crippen LogP contribution is -1.99. The number of hydrogen-bond acceptors (Lipinski definition) is 8. The summed E-state index contributed by atoms with van der Waals surface area (Å²) in [6.45, 7) is 1.73. The monoisotopic (exact) mass is 238 g/mol. The van der Waals surface area contributed by atoms with Crippen LogP contribution in [-0.4, -0.2) is 20.1 Å².